The monoisotopic (exact) mass is 447 g/mol. The lowest BCUT2D eigenvalue weighted by Gasteiger charge is -2.25. The number of urea groups is 1. The second kappa shape index (κ2) is 10.3. The second-order valence-corrected chi connectivity index (χ2v) is 8.66. The van der Waals surface area contributed by atoms with Gasteiger partial charge in [-0.3, -0.25) is 4.79 Å². The Morgan fingerprint density at radius 1 is 1.12 bits per heavy atom. The van der Waals surface area contributed by atoms with Crippen LogP contribution in [0.15, 0.2) is 77.0 Å². The fourth-order valence-corrected chi connectivity index (χ4v) is 4.45. The summed E-state index contributed by atoms with van der Waals surface area (Å²) >= 11 is 1.47. The number of anilines is 1. The number of hydrogen-bond donors (Lipinski definition) is 2. The number of carbonyl (C=O) groups excluding carboxylic acids is 2. The predicted molar refractivity (Wildman–Crippen MR) is 124 cm³/mol. The molecule has 8 heteroatoms. The normalized spacial score (nSPS) is 14.3. The average Bonchev–Trinajstić information content (AvgIpc) is 3.21. The molecule has 2 heterocycles. The molecule has 0 saturated carbocycles. The number of carbonyl (C=O) groups is 2. The van der Waals surface area contributed by atoms with E-state index >= 15 is 0 Å². The van der Waals surface area contributed by atoms with Crippen LogP contribution < -0.4 is 10.6 Å². The standard InChI is InChI=1S/C24H25N5O2S/c1-17-15-19(32-24-25-12-6-13-26-24)10-11-20(17)27-23(31)28-21(18-7-3-2-4-8-18)16-29-14-5-9-22(29)30/h2-4,6-8,10-13,15,21H,5,9,14,16H2,1H3,(H2,27,28,31). The minimum atomic E-state index is -0.305. The summed E-state index contributed by atoms with van der Waals surface area (Å²) in [6, 6.07) is 16.7. The van der Waals surface area contributed by atoms with E-state index in [0.29, 0.717) is 18.1 Å². The molecule has 1 unspecified atom stereocenters. The Hall–Kier alpha value is -3.39. The van der Waals surface area contributed by atoms with Crippen molar-refractivity contribution in [2.24, 2.45) is 0 Å². The van der Waals surface area contributed by atoms with Crippen molar-refractivity contribution in [3.63, 3.8) is 0 Å². The van der Waals surface area contributed by atoms with Crippen molar-refractivity contribution in [1.82, 2.24) is 20.2 Å². The molecule has 0 spiro atoms. The van der Waals surface area contributed by atoms with Gasteiger partial charge in [-0.15, -0.1) is 0 Å². The van der Waals surface area contributed by atoms with Crippen molar-refractivity contribution in [3.05, 3.63) is 78.1 Å². The molecule has 3 aromatic rings. The topological polar surface area (TPSA) is 87.2 Å². The molecule has 1 aromatic heterocycles. The fraction of sp³-hybridized carbons (Fsp3) is 0.250. The molecule has 164 valence electrons. The molecule has 4 rings (SSSR count). The van der Waals surface area contributed by atoms with Crippen LogP contribution >= 0.6 is 11.8 Å². The number of hydrogen-bond acceptors (Lipinski definition) is 5. The first-order chi connectivity index (χ1) is 15.6. The van der Waals surface area contributed by atoms with Crippen LogP contribution in [0.25, 0.3) is 0 Å². The van der Waals surface area contributed by atoms with E-state index in [-0.39, 0.29) is 18.0 Å². The van der Waals surface area contributed by atoms with E-state index in [1.54, 1.807) is 18.5 Å². The van der Waals surface area contributed by atoms with Gasteiger partial charge in [0.2, 0.25) is 5.91 Å². The zero-order chi connectivity index (χ0) is 22.3. The van der Waals surface area contributed by atoms with E-state index in [4.69, 9.17) is 0 Å². The summed E-state index contributed by atoms with van der Waals surface area (Å²) < 4.78 is 0. The van der Waals surface area contributed by atoms with Gasteiger partial charge in [-0.25, -0.2) is 14.8 Å². The van der Waals surface area contributed by atoms with Gasteiger partial charge in [0.15, 0.2) is 5.16 Å². The van der Waals surface area contributed by atoms with Gasteiger partial charge in [0.1, 0.15) is 0 Å². The number of rotatable bonds is 7. The van der Waals surface area contributed by atoms with Crippen molar-refractivity contribution in [2.75, 3.05) is 18.4 Å². The molecule has 2 N–H and O–H groups in total. The highest BCUT2D eigenvalue weighted by atomic mass is 32.2. The van der Waals surface area contributed by atoms with E-state index in [1.807, 2.05) is 60.4 Å². The first kappa shape index (κ1) is 21.8. The maximum absolute atomic E-state index is 12.8. The zero-order valence-corrected chi connectivity index (χ0v) is 18.6. The zero-order valence-electron chi connectivity index (χ0n) is 17.8. The van der Waals surface area contributed by atoms with Crippen LogP contribution in [0.2, 0.25) is 0 Å². The van der Waals surface area contributed by atoms with Gasteiger partial charge < -0.3 is 15.5 Å². The van der Waals surface area contributed by atoms with E-state index in [1.165, 1.54) is 11.8 Å². The summed E-state index contributed by atoms with van der Waals surface area (Å²) in [6.45, 7) is 3.14. The van der Waals surface area contributed by atoms with E-state index < -0.39 is 0 Å². The maximum atomic E-state index is 12.8. The lowest BCUT2D eigenvalue weighted by molar-refractivity contribution is -0.128. The van der Waals surface area contributed by atoms with Crippen LogP contribution in [0.1, 0.15) is 30.0 Å². The Bertz CT molecular complexity index is 1080. The number of aromatic nitrogens is 2. The number of aryl methyl sites for hydroxylation is 1. The smallest absolute Gasteiger partial charge is 0.319 e. The van der Waals surface area contributed by atoms with Crippen molar-refractivity contribution in [1.29, 1.82) is 0 Å². The van der Waals surface area contributed by atoms with Gasteiger partial charge in [0, 0.05) is 42.5 Å². The number of benzene rings is 2. The molecular formula is C24H25N5O2S. The molecular weight excluding hydrogens is 422 g/mol. The van der Waals surface area contributed by atoms with Crippen LogP contribution in [-0.4, -0.2) is 39.9 Å². The summed E-state index contributed by atoms with van der Waals surface area (Å²) in [5.41, 5.74) is 2.63. The van der Waals surface area contributed by atoms with Crippen LogP contribution in [-0.2, 0) is 4.79 Å². The van der Waals surface area contributed by atoms with Crippen LogP contribution in [0, 0.1) is 6.92 Å². The summed E-state index contributed by atoms with van der Waals surface area (Å²) in [7, 11) is 0. The average molecular weight is 448 g/mol. The number of nitrogens with zero attached hydrogens (tertiary/aromatic N) is 3. The number of likely N-dealkylation sites (tertiary alicyclic amines) is 1. The Morgan fingerprint density at radius 2 is 1.91 bits per heavy atom. The lowest BCUT2D eigenvalue weighted by atomic mass is 10.1. The number of nitrogens with one attached hydrogen (secondary N) is 2. The van der Waals surface area contributed by atoms with Crippen molar-refractivity contribution in [3.8, 4) is 0 Å². The van der Waals surface area contributed by atoms with Gasteiger partial charge in [-0.2, -0.15) is 0 Å². The molecule has 1 aliphatic rings. The first-order valence-corrected chi connectivity index (χ1v) is 11.4. The molecule has 0 bridgehead atoms. The van der Waals surface area contributed by atoms with Gasteiger partial charge in [0.25, 0.3) is 0 Å². The van der Waals surface area contributed by atoms with Gasteiger partial charge in [0.05, 0.1) is 6.04 Å². The SMILES string of the molecule is Cc1cc(Sc2ncccn2)ccc1NC(=O)NC(CN1CCCC1=O)c1ccccc1. The summed E-state index contributed by atoms with van der Waals surface area (Å²) in [5, 5.41) is 6.66. The van der Waals surface area contributed by atoms with Crippen LogP contribution in [0.3, 0.4) is 0 Å². The van der Waals surface area contributed by atoms with Gasteiger partial charge >= 0.3 is 6.03 Å². The largest absolute Gasteiger partial charge is 0.340 e. The lowest BCUT2D eigenvalue weighted by Crippen LogP contribution is -2.40. The molecule has 32 heavy (non-hydrogen) atoms. The van der Waals surface area contributed by atoms with Crippen molar-refractivity contribution < 1.29 is 9.59 Å². The minimum Gasteiger partial charge on any atom is -0.340 e. The molecule has 2 aromatic carbocycles. The summed E-state index contributed by atoms with van der Waals surface area (Å²) in [4.78, 5) is 36.2. The Morgan fingerprint density at radius 3 is 2.59 bits per heavy atom. The Labute approximate surface area is 191 Å². The molecule has 0 radical (unpaired) electrons. The van der Waals surface area contributed by atoms with Crippen LogP contribution in [0.5, 0.6) is 0 Å². The summed E-state index contributed by atoms with van der Waals surface area (Å²) in [5.74, 6) is 0.138. The van der Waals surface area contributed by atoms with Gasteiger partial charge in [-0.05, 0) is 60.5 Å². The van der Waals surface area contributed by atoms with Crippen molar-refractivity contribution in [2.45, 2.75) is 35.9 Å². The maximum Gasteiger partial charge on any atom is 0.319 e. The van der Waals surface area contributed by atoms with E-state index in [2.05, 4.69) is 20.6 Å². The third-order valence-electron chi connectivity index (χ3n) is 5.28. The fourth-order valence-electron chi connectivity index (χ4n) is 3.64. The molecule has 1 fully saturated rings. The van der Waals surface area contributed by atoms with E-state index in [0.717, 1.165) is 34.7 Å². The second-order valence-electron chi connectivity index (χ2n) is 7.62. The number of amides is 3. The highest BCUT2D eigenvalue weighted by molar-refractivity contribution is 7.99. The minimum absolute atomic E-state index is 0.138. The predicted octanol–water partition coefficient (Wildman–Crippen LogP) is 4.42. The first-order valence-electron chi connectivity index (χ1n) is 10.5. The van der Waals surface area contributed by atoms with Crippen LogP contribution in [0.4, 0.5) is 10.5 Å². The van der Waals surface area contributed by atoms with Gasteiger partial charge in [-0.1, -0.05) is 30.3 Å². The highest BCUT2D eigenvalue weighted by Crippen LogP contribution is 2.28. The van der Waals surface area contributed by atoms with Crippen molar-refractivity contribution >= 4 is 29.4 Å². The quantitative estimate of drug-likeness (QED) is 0.524. The molecule has 3 amide bonds. The molecule has 1 saturated heterocycles. The highest BCUT2D eigenvalue weighted by Gasteiger charge is 2.25. The summed E-state index contributed by atoms with van der Waals surface area (Å²) in [6.07, 6.45) is 4.86. The molecule has 7 nitrogen and oxygen atoms in total. The Kier molecular flexibility index (Phi) is 7.01. The molecule has 1 atom stereocenters. The third-order valence-corrected chi connectivity index (χ3v) is 6.16. The molecule has 1 aliphatic heterocycles. The molecule has 0 aliphatic carbocycles. The Balaban J connectivity index is 1.42. The van der Waals surface area contributed by atoms with E-state index in [9.17, 15) is 9.59 Å². The third kappa shape index (κ3) is 5.64.